The van der Waals surface area contributed by atoms with Crippen LogP contribution in [0.15, 0.2) is 54.7 Å². The molecule has 4 rings (SSSR count). The number of aromatic nitrogens is 1. The number of fused-ring (bicyclic) bond motifs is 1. The van der Waals surface area contributed by atoms with Crippen molar-refractivity contribution in [2.24, 2.45) is 0 Å². The monoisotopic (exact) mass is 380 g/mol. The van der Waals surface area contributed by atoms with Crippen molar-refractivity contribution in [1.82, 2.24) is 4.98 Å². The number of H-pyrrole nitrogens is 1. The summed E-state index contributed by atoms with van der Waals surface area (Å²) in [5.41, 5.74) is 3.02. The molecule has 2 heterocycles. The van der Waals surface area contributed by atoms with E-state index in [-0.39, 0.29) is 16.4 Å². The summed E-state index contributed by atoms with van der Waals surface area (Å²) in [5.74, 6) is 0.186. The lowest BCUT2D eigenvalue weighted by Crippen LogP contribution is -3.27. The molecule has 1 aromatic heterocycles. The summed E-state index contributed by atoms with van der Waals surface area (Å²) in [7, 11) is 0. The molecular formula is C21H24N4O3+2. The lowest BCUT2D eigenvalue weighted by atomic mass is 10.1. The van der Waals surface area contributed by atoms with E-state index in [1.165, 1.54) is 9.80 Å². The topological polar surface area (TPSA) is 84.9 Å². The Hall–Kier alpha value is -3.03. The van der Waals surface area contributed by atoms with Crippen LogP contribution in [-0.2, 0) is 6.54 Å². The van der Waals surface area contributed by atoms with Gasteiger partial charge in [0.2, 0.25) is 5.78 Å². The second-order valence-electron chi connectivity index (χ2n) is 7.45. The highest BCUT2D eigenvalue weighted by Gasteiger charge is 2.26. The highest BCUT2D eigenvalue weighted by atomic mass is 16.6. The first kappa shape index (κ1) is 18.3. The number of nitrogens with one attached hydrogen (secondary N) is 3. The standard InChI is InChI=1S/C21H22N4O3/c26-21(19-13-22-20-4-2-1-3-18(19)20)15-24-11-9-23(10-12-24)14-16-5-7-17(8-6-16)25(27)28/h1-8,13,22H,9-12,14-15H2/p+2. The molecule has 144 valence electrons. The summed E-state index contributed by atoms with van der Waals surface area (Å²) in [4.78, 5) is 29.1. The fourth-order valence-electron chi connectivity index (χ4n) is 3.96. The van der Waals surface area contributed by atoms with Gasteiger partial charge in [0, 0.05) is 40.4 Å². The van der Waals surface area contributed by atoms with Gasteiger partial charge in [-0.05, 0) is 18.2 Å². The number of piperazine rings is 1. The summed E-state index contributed by atoms with van der Waals surface area (Å²) < 4.78 is 0. The van der Waals surface area contributed by atoms with E-state index in [4.69, 9.17) is 0 Å². The van der Waals surface area contributed by atoms with Gasteiger partial charge in [0.25, 0.3) is 5.69 Å². The van der Waals surface area contributed by atoms with Crippen LogP contribution in [0.2, 0.25) is 0 Å². The number of aromatic amines is 1. The van der Waals surface area contributed by atoms with Gasteiger partial charge < -0.3 is 14.8 Å². The fourth-order valence-corrected chi connectivity index (χ4v) is 3.96. The Labute approximate surface area is 162 Å². The van der Waals surface area contributed by atoms with E-state index in [2.05, 4.69) is 4.98 Å². The van der Waals surface area contributed by atoms with Crippen molar-refractivity contribution >= 4 is 22.4 Å². The lowest BCUT2D eigenvalue weighted by molar-refractivity contribution is -1.01. The number of non-ortho nitro benzene ring substituents is 1. The Morgan fingerprint density at radius 1 is 1.00 bits per heavy atom. The number of benzene rings is 2. The van der Waals surface area contributed by atoms with Gasteiger partial charge in [0.1, 0.15) is 39.3 Å². The second kappa shape index (κ2) is 7.92. The average Bonchev–Trinajstić information content (AvgIpc) is 3.14. The van der Waals surface area contributed by atoms with Crippen LogP contribution in [0.1, 0.15) is 15.9 Å². The molecule has 1 saturated heterocycles. The largest absolute Gasteiger partial charge is 0.360 e. The minimum absolute atomic E-state index is 0.129. The third kappa shape index (κ3) is 3.95. The first-order valence-corrected chi connectivity index (χ1v) is 9.60. The molecule has 0 atom stereocenters. The van der Waals surface area contributed by atoms with Gasteiger partial charge in [-0.15, -0.1) is 0 Å². The molecule has 3 aromatic rings. The first-order chi connectivity index (χ1) is 13.6. The van der Waals surface area contributed by atoms with Gasteiger partial charge >= 0.3 is 0 Å². The maximum Gasteiger partial charge on any atom is 0.269 e. The van der Waals surface area contributed by atoms with Crippen molar-refractivity contribution in [1.29, 1.82) is 0 Å². The zero-order valence-corrected chi connectivity index (χ0v) is 15.6. The van der Waals surface area contributed by atoms with Gasteiger partial charge in [0.15, 0.2) is 0 Å². The van der Waals surface area contributed by atoms with Crippen molar-refractivity contribution in [3.05, 3.63) is 76.0 Å². The number of carbonyl (C=O) groups excluding carboxylic acids is 1. The van der Waals surface area contributed by atoms with Crippen molar-refractivity contribution in [2.75, 3.05) is 32.7 Å². The number of nitro benzene ring substituents is 1. The summed E-state index contributed by atoms with van der Waals surface area (Å²) in [6, 6.07) is 14.7. The van der Waals surface area contributed by atoms with E-state index >= 15 is 0 Å². The minimum Gasteiger partial charge on any atom is -0.360 e. The van der Waals surface area contributed by atoms with Crippen LogP contribution in [0.3, 0.4) is 0 Å². The average molecular weight is 380 g/mol. The molecule has 0 saturated carbocycles. The molecule has 7 nitrogen and oxygen atoms in total. The van der Waals surface area contributed by atoms with E-state index in [1.807, 2.05) is 42.6 Å². The summed E-state index contributed by atoms with van der Waals surface area (Å²) in [6.07, 6.45) is 1.82. The van der Waals surface area contributed by atoms with Crippen molar-refractivity contribution < 1.29 is 19.5 Å². The number of Topliss-reactive ketones (excluding diaryl/α,β-unsaturated/α-hetero) is 1. The van der Waals surface area contributed by atoms with Crippen LogP contribution in [0.5, 0.6) is 0 Å². The van der Waals surface area contributed by atoms with Gasteiger partial charge in [-0.2, -0.15) is 0 Å². The molecule has 1 aliphatic heterocycles. The smallest absolute Gasteiger partial charge is 0.269 e. The van der Waals surface area contributed by atoms with Crippen molar-refractivity contribution in [3.63, 3.8) is 0 Å². The number of hydrogen-bond donors (Lipinski definition) is 3. The number of hydrogen-bond acceptors (Lipinski definition) is 3. The molecular weight excluding hydrogens is 356 g/mol. The highest BCUT2D eigenvalue weighted by Crippen LogP contribution is 2.17. The summed E-state index contributed by atoms with van der Waals surface area (Å²) in [6.45, 7) is 5.28. The number of nitrogens with zero attached hydrogens (tertiary/aromatic N) is 1. The van der Waals surface area contributed by atoms with E-state index in [1.54, 1.807) is 12.1 Å². The van der Waals surface area contributed by atoms with Crippen LogP contribution in [0.4, 0.5) is 5.69 Å². The van der Waals surface area contributed by atoms with Crippen LogP contribution in [0, 0.1) is 10.1 Å². The van der Waals surface area contributed by atoms with Crippen molar-refractivity contribution in [2.45, 2.75) is 6.54 Å². The first-order valence-electron chi connectivity index (χ1n) is 9.60. The van der Waals surface area contributed by atoms with E-state index < -0.39 is 0 Å². The maximum absolute atomic E-state index is 12.7. The molecule has 0 amide bonds. The van der Waals surface area contributed by atoms with Gasteiger partial charge in [-0.3, -0.25) is 14.9 Å². The van der Waals surface area contributed by atoms with Crippen LogP contribution in [0.25, 0.3) is 10.9 Å². The van der Waals surface area contributed by atoms with E-state index in [0.29, 0.717) is 6.54 Å². The number of nitro groups is 1. The predicted octanol–water partition coefficient (Wildman–Crippen LogP) is 0.242. The zero-order valence-electron chi connectivity index (χ0n) is 15.6. The highest BCUT2D eigenvalue weighted by molar-refractivity contribution is 6.08. The molecule has 0 aliphatic carbocycles. The lowest BCUT2D eigenvalue weighted by Gasteiger charge is -2.29. The third-order valence-corrected chi connectivity index (χ3v) is 5.57. The molecule has 0 radical (unpaired) electrons. The van der Waals surface area contributed by atoms with Crippen LogP contribution < -0.4 is 9.80 Å². The Morgan fingerprint density at radius 2 is 1.68 bits per heavy atom. The summed E-state index contributed by atoms with van der Waals surface area (Å²) >= 11 is 0. The second-order valence-corrected chi connectivity index (χ2v) is 7.45. The fraction of sp³-hybridized carbons (Fsp3) is 0.286. The summed E-state index contributed by atoms with van der Waals surface area (Å²) in [5, 5.41) is 11.7. The number of carbonyl (C=O) groups is 1. The molecule has 3 N–H and O–H groups in total. The third-order valence-electron chi connectivity index (χ3n) is 5.57. The number of quaternary nitrogens is 2. The predicted molar refractivity (Wildman–Crippen MR) is 106 cm³/mol. The molecule has 1 aliphatic rings. The molecule has 0 spiro atoms. The van der Waals surface area contributed by atoms with Gasteiger partial charge in [-0.25, -0.2) is 0 Å². The Balaban J connectivity index is 1.30. The van der Waals surface area contributed by atoms with Crippen LogP contribution >= 0.6 is 0 Å². The Bertz CT molecular complexity index is 988. The zero-order chi connectivity index (χ0) is 19.5. The molecule has 1 fully saturated rings. The van der Waals surface area contributed by atoms with Gasteiger partial charge in [-0.1, -0.05) is 18.2 Å². The Morgan fingerprint density at radius 3 is 2.39 bits per heavy atom. The van der Waals surface area contributed by atoms with Crippen LogP contribution in [-0.4, -0.2) is 48.4 Å². The maximum atomic E-state index is 12.7. The molecule has 0 bridgehead atoms. The van der Waals surface area contributed by atoms with Gasteiger partial charge in [0.05, 0.1) is 4.92 Å². The number of para-hydroxylation sites is 1. The molecule has 28 heavy (non-hydrogen) atoms. The quantitative estimate of drug-likeness (QED) is 0.325. The van der Waals surface area contributed by atoms with E-state index in [0.717, 1.165) is 54.8 Å². The molecule has 7 heteroatoms. The van der Waals surface area contributed by atoms with Crippen molar-refractivity contribution in [3.8, 4) is 0 Å². The number of rotatable bonds is 6. The molecule has 2 aromatic carbocycles. The minimum atomic E-state index is -0.372. The molecule has 0 unspecified atom stereocenters. The normalized spacial score (nSPS) is 19.6. The SMILES string of the molecule is O=C(C[NH+]1CC[NH+](Cc2ccc([N+](=O)[O-])cc2)CC1)c1c[nH]c2ccccc12. The van der Waals surface area contributed by atoms with E-state index in [9.17, 15) is 14.9 Å². The number of ketones is 1. The Kier molecular flexibility index (Phi) is 5.18.